The number of hydrogen-bond acceptors (Lipinski definition) is 4. The van der Waals surface area contributed by atoms with Crippen molar-refractivity contribution in [3.05, 3.63) is 53.9 Å². The van der Waals surface area contributed by atoms with Crippen LogP contribution < -0.4 is 10.6 Å². The molecule has 0 atom stereocenters. The van der Waals surface area contributed by atoms with Gasteiger partial charge < -0.3 is 15.5 Å². The zero-order chi connectivity index (χ0) is 15.9. The van der Waals surface area contributed by atoms with E-state index < -0.39 is 0 Å². The first-order chi connectivity index (χ1) is 10.5. The Morgan fingerprint density at radius 3 is 2.55 bits per heavy atom. The van der Waals surface area contributed by atoms with Crippen LogP contribution in [0.5, 0.6) is 0 Å². The second kappa shape index (κ2) is 7.56. The minimum absolute atomic E-state index is 0.158. The Bertz CT molecular complexity index is 623. The Morgan fingerprint density at radius 1 is 1.14 bits per heavy atom. The molecule has 0 aliphatic heterocycles. The first-order valence-electron chi connectivity index (χ1n) is 7.27. The number of pyridine rings is 1. The highest BCUT2D eigenvalue weighted by Gasteiger charge is 2.07. The Kier molecular flexibility index (Phi) is 5.49. The molecular weight excluding hydrogens is 276 g/mol. The number of nitrogens with one attached hydrogen (secondary N) is 2. The monoisotopic (exact) mass is 298 g/mol. The van der Waals surface area contributed by atoms with Crippen molar-refractivity contribution in [1.82, 2.24) is 15.2 Å². The predicted molar refractivity (Wildman–Crippen MR) is 89.6 cm³/mol. The first-order valence-corrected chi connectivity index (χ1v) is 7.27. The molecule has 0 fully saturated rings. The van der Waals surface area contributed by atoms with Crippen LogP contribution in [-0.4, -0.2) is 43.0 Å². The minimum atomic E-state index is -0.158. The molecule has 0 radical (unpaired) electrons. The van der Waals surface area contributed by atoms with Gasteiger partial charge in [0.15, 0.2) is 0 Å². The Hall–Kier alpha value is -2.40. The van der Waals surface area contributed by atoms with E-state index in [-0.39, 0.29) is 5.91 Å². The number of aromatic nitrogens is 1. The lowest BCUT2D eigenvalue weighted by molar-refractivity contribution is 0.0946. The van der Waals surface area contributed by atoms with Crippen LogP contribution in [0, 0.1) is 6.92 Å². The summed E-state index contributed by atoms with van der Waals surface area (Å²) < 4.78 is 0. The van der Waals surface area contributed by atoms with Crippen LogP contribution in [0.15, 0.2) is 42.6 Å². The molecule has 2 N–H and O–H groups in total. The first kappa shape index (κ1) is 16.0. The maximum absolute atomic E-state index is 12.1. The Morgan fingerprint density at radius 2 is 1.86 bits per heavy atom. The molecule has 0 bridgehead atoms. The average Bonchev–Trinajstić information content (AvgIpc) is 2.49. The normalized spacial score (nSPS) is 10.5. The molecule has 0 unspecified atom stereocenters. The van der Waals surface area contributed by atoms with E-state index in [0.29, 0.717) is 12.2 Å². The van der Waals surface area contributed by atoms with Crippen LogP contribution in [0.1, 0.15) is 16.1 Å². The van der Waals surface area contributed by atoms with Gasteiger partial charge in [-0.3, -0.25) is 9.78 Å². The van der Waals surface area contributed by atoms with Crippen LogP contribution in [0.2, 0.25) is 0 Å². The maximum atomic E-state index is 12.1. The number of nitrogens with zero attached hydrogens (tertiary/aromatic N) is 2. The molecule has 1 aromatic heterocycles. The minimum Gasteiger partial charge on any atom is -0.355 e. The largest absolute Gasteiger partial charge is 0.355 e. The van der Waals surface area contributed by atoms with Crippen LogP contribution >= 0.6 is 0 Å². The third kappa shape index (κ3) is 4.86. The lowest BCUT2D eigenvalue weighted by atomic mass is 10.2. The van der Waals surface area contributed by atoms with Gasteiger partial charge in [0.25, 0.3) is 5.91 Å². The number of benzene rings is 1. The summed E-state index contributed by atoms with van der Waals surface area (Å²) in [6.07, 6.45) is 1.64. The van der Waals surface area contributed by atoms with Gasteiger partial charge in [0.2, 0.25) is 0 Å². The molecule has 22 heavy (non-hydrogen) atoms. The number of aryl methyl sites for hydroxylation is 1. The molecule has 1 heterocycles. The van der Waals surface area contributed by atoms with Crippen molar-refractivity contribution >= 4 is 17.3 Å². The standard InChI is InChI=1S/C17H22N4O/c1-13-4-6-14(7-5-13)20-15-8-9-18-16(12-15)17(22)19-10-11-21(2)3/h4-9,12H,10-11H2,1-3H3,(H,18,20)(H,19,22). The summed E-state index contributed by atoms with van der Waals surface area (Å²) in [6.45, 7) is 3.45. The fraction of sp³-hybridized carbons (Fsp3) is 0.294. The zero-order valence-electron chi connectivity index (χ0n) is 13.3. The van der Waals surface area contributed by atoms with Crippen molar-refractivity contribution in [2.75, 3.05) is 32.5 Å². The summed E-state index contributed by atoms with van der Waals surface area (Å²) in [5.74, 6) is -0.158. The topological polar surface area (TPSA) is 57.3 Å². The lowest BCUT2D eigenvalue weighted by Gasteiger charge is -2.11. The fourth-order valence-electron chi connectivity index (χ4n) is 1.92. The van der Waals surface area contributed by atoms with E-state index in [2.05, 4.69) is 15.6 Å². The zero-order valence-corrected chi connectivity index (χ0v) is 13.3. The average molecular weight is 298 g/mol. The van der Waals surface area contributed by atoms with Gasteiger partial charge in [0, 0.05) is 30.7 Å². The van der Waals surface area contributed by atoms with Crippen molar-refractivity contribution in [3.8, 4) is 0 Å². The van der Waals surface area contributed by atoms with Crippen LogP contribution in [-0.2, 0) is 0 Å². The van der Waals surface area contributed by atoms with E-state index in [1.807, 2.05) is 56.3 Å². The van der Waals surface area contributed by atoms with Gasteiger partial charge in [0.1, 0.15) is 5.69 Å². The number of rotatable bonds is 6. The Labute approximate surface area is 131 Å². The smallest absolute Gasteiger partial charge is 0.269 e. The maximum Gasteiger partial charge on any atom is 0.269 e. The highest BCUT2D eigenvalue weighted by molar-refractivity contribution is 5.93. The molecule has 1 amide bonds. The van der Waals surface area contributed by atoms with Crippen molar-refractivity contribution in [1.29, 1.82) is 0 Å². The molecule has 1 aromatic carbocycles. The molecule has 0 saturated carbocycles. The predicted octanol–water partition coefficient (Wildman–Crippen LogP) is 2.43. The van der Waals surface area contributed by atoms with Crippen molar-refractivity contribution < 1.29 is 4.79 Å². The second-order valence-corrected chi connectivity index (χ2v) is 5.48. The van der Waals surface area contributed by atoms with Crippen LogP contribution in [0.25, 0.3) is 0 Å². The van der Waals surface area contributed by atoms with Gasteiger partial charge in [-0.15, -0.1) is 0 Å². The van der Waals surface area contributed by atoms with E-state index in [9.17, 15) is 4.79 Å². The van der Waals surface area contributed by atoms with Crippen LogP contribution in [0.4, 0.5) is 11.4 Å². The van der Waals surface area contributed by atoms with Crippen molar-refractivity contribution in [2.24, 2.45) is 0 Å². The molecule has 0 saturated heterocycles. The third-order valence-electron chi connectivity index (χ3n) is 3.18. The SMILES string of the molecule is Cc1ccc(Nc2ccnc(C(=O)NCCN(C)C)c2)cc1. The number of carbonyl (C=O) groups excluding carboxylic acids is 1. The molecule has 5 nitrogen and oxygen atoms in total. The Balaban J connectivity index is 2.00. The van der Waals surface area contributed by atoms with E-state index in [1.165, 1.54) is 5.56 Å². The highest BCUT2D eigenvalue weighted by atomic mass is 16.1. The molecule has 2 aromatic rings. The van der Waals surface area contributed by atoms with E-state index in [0.717, 1.165) is 17.9 Å². The summed E-state index contributed by atoms with van der Waals surface area (Å²) in [6, 6.07) is 11.7. The molecule has 5 heteroatoms. The number of hydrogen-bond donors (Lipinski definition) is 2. The highest BCUT2D eigenvalue weighted by Crippen LogP contribution is 2.17. The summed E-state index contributed by atoms with van der Waals surface area (Å²) in [5.41, 5.74) is 3.45. The van der Waals surface area contributed by atoms with E-state index in [1.54, 1.807) is 12.3 Å². The van der Waals surface area contributed by atoms with Gasteiger partial charge in [-0.2, -0.15) is 0 Å². The molecule has 116 valence electrons. The van der Waals surface area contributed by atoms with Crippen molar-refractivity contribution in [2.45, 2.75) is 6.92 Å². The van der Waals surface area contributed by atoms with Crippen LogP contribution in [0.3, 0.4) is 0 Å². The lowest BCUT2D eigenvalue weighted by Crippen LogP contribution is -2.31. The number of carbonyl (C=O) groups is 1. The summed E-state index contributed by atoms with van der Waals surface area (Å²) in [7, 11) is 3.94. The van der Waals surface area contributed by atoms with Gasteiger partial charge >= 0.3 is 0 Å². The molecule has 0 aliphatic rings. The number of likely N-dealkylation sites (N-methyl/N-ethyl adjacent to an activating group) is 1. The second-order valence-electron chi connectivity index (χ2n) is 5.48. The molecule has 0 spiro atoms. The third-order valence-corrected chi connectivity index (χ3v) is 3.18. The number of anilines is 2. The molecule has 0 aliphatic carbocycles. The van der Waals surface area contributed by atoms with E-state index in [4.69, 9.17) is 0 Å². The summed E-state index contributed by atoms with van der Waals surface area (Å²) >= 11 is 0. The molecule has 2 rings (SSSR count). The van der Waals surface area contributed by atoms with Gasteiger partial charge in [0.05, 0.1) is 0 Å². The van der Waals surface area contributed by atoms with Gasteiger partial charge in [-0.1, -0.05) is 17.7 Å². The summed E-state index contributed by atoms with van der Waals surface area (Å²) in [4.78, 5) is 18.2. The van der Waals surface area contributed by atoms with Gasteiger partial charge in [-0.05, 0) is 45.3 Å². The van der Waals surface area contributed by atoms with E-state index >= 15 is 0 Å². The molecular formula is C17H22N4O. The van der Waals surface area contributed by atoms with Gasteiger partial charge in [-0.25, -0.2) is 0 Å². The quantitative estimate of drug-likeness (QED) is 0.860. The van der Waals surface area contributed by atoms with Crippen molar-refractivity contribution in [3.63, 3.8) is 0 Å². The summed E-state index contributed by atoms with van der Waals surface area (Å²) in [5, 5.41) is 6.13. The fourth-order valence-corrected chi connectivity index (χ4v) is 1.92. The number of amides is 1.